The molecule has 1 aliphatic rings. The number of piperidine rings is 1. The fourth-order valence-electron chi connectivity index (χ4n) is 3.69. The Hall–Kier alpha value is -3.06. The first-order valence-corrected chi connectivity index (χ1v) is 9.49. The number of likely N-dealkylation sites (tertiary alicyclic amines) is 1. The van der Waals surface area contributed by atoms with E-state index in [1.807, 2.05) is 48.5 Å². The number of urea groups is 1. The molecule has 3 N–H and O–H groups in total. The number of aromatic amines is 1. The molecular formula is C21H25N5O2. The van der Waals surface area contributed by atoms with Gasteiger partial charge in [-0.2, -0.15) is 0 Å². The van der Waals surface area contributed by atoms with E-state index < -0.39 is 0 Å². The van der Waals surface area contributed by atoms with E-state index in [2.05, 4.69) is 27.6 Å². The van der Waals surface area contributed by atoms with Crippen molar-refractivity contribution in [3.05, 3.63) is 54.4 Å². The molecule has 0 unspecified atom stereocenters. The molecule has 2 atom stereocenters. The molecule has 1 saturated heterocycles. The summed E-state index contributed by atoms with van der Waals surface area (Å²) in [6, 6.07) is 15.4. The largest absolute Gasteiger partial charge is 0.497 e. The number of para-hydroxylation sites is 2. The first kappa shape index (κ1) is 18.3. The number of anilines is 1. The minimum Gasteiger partial charge on any atom is -0.497 e. The molecule has 2 heterocycles. The van der Waals surface area contributed by atoms with Crippen LogP contribution in [0.15, 0.2) is 48.5 Å². The van der Waals surface area contributed by atoms with E-state index in [-0.39, 0.29) is 18.1 Å². The molecule has 3 aromatic rings. The molecule has 1 fully saturated rings. The first-order chi connectivity index (χ1) is 13.6. The lowest BCUT2D eigenvalue weighted by Crippen LogP contribution is -2.46. The number of methoxy groups -OCH3 is 1. The number of ether oxygens (including phenoxy) is 1. The number of benzene rings is 2. The molecule has 146 valence electrons. The van der Waals surface area contributed by atoms with Crippen LogP contribution in [0.1, 0.15) is 24.7 Å². The fraction of sp³-hybridized carbons (Fsp3) is 0.333. The number of hydrogen-bond donors (Lipinski definition) is 3. The second-order valence-electron chi connectivity index (χ2n) is 7.18. The maximum absolute atomic E-state index is 12.4. The molecule has 4 rings (SSSR count). The zero-order valence-corrected chi connectivity index (χ0v) is 16.1. The third-order valence-corrected chi connectivity index (χ3v) is 5.28. The Morgan fingerprint density at radius 1 is 1.21 bits per heavy atom. The number of rotatable bonds is 4. The van der Waals surface area contributed by atoms with E-state index in [4.69, 9.17) is 9.72 Å². The van der Waals surface area contributed by atoms with Crippen LogP contribution in [0, 0.1) is 0 Å². The van der Waals surface area contributed by atoms with Gasteiger partial charge >= 0.3 is 6.03 Å². The summed E-state index contributed by atoms with van der Waals surface area (Å²) in [5.41, 5.74) is 2.75. The van der Waals surface area contributed by atoms with Crippen LogP contribution >= 0.6 is 0 Å². The van der Waals surface area contributed by atoms with Crippen molar-refractivity contribution >= 4 is 22.8 Å². The van der Waals surface area contributed by atoms with Gasteiger partial charge in [0.25, 0.3) is 0 Å². The number of nitrogens with one attached hydrogen (secondary N) is 3. The van der Waals surface area contributed by atoms with Crippen molar-refractivity contribution in [2.45, 2.75) is 24.9 Å². The molecule has 2 amide bonds. The van der Waals surface area contributed by atoms with E-state index >= 15 is 0 Å². The SMILES string of the molecule is COc1ccc(NC(=O)N[C@@H]2CCN(C)[C@@H](c3nc4ccccc4[nH]3)C2)cc1. The summed E-state index contributed by atoms with van der Waals surface area (Å²) in [7, 11) is 3.72. The molecule has 2 aromatic carbocycles. The summed E-state index contributed by atoms with van der Waals surface area (Å²) in [5.74, 6) is 1.71. The van der Waals surface area contributed by atoms with E-state index in [9.17, 15) is 4.79 Å². The summed E-state index contributed by atoms with van der Waals surface area (Å²) < 4.78 is 5.14. The van der Waals surface area contributed by atoms with Crippen molar-refractivity contribution in [2.24, 2.45) is 0 Å². The minimum atomic E-state index is -0.192. The van der Waals surface area contributed by atoms with Crippen molar-refractivity contribution < 1.29 is 9.53 Å². The molecule has 0 bridgehead atoms. The minimum absolute atomic E-state index is 0.0904. The van der Waals surface area contributed by atoms with Gasteiger partial charge in [-0.15, -0.1) is 0 Å². The molecule has 1 aromatic heterocycles. The lowest BCUT2D eigenvalue weighted by atomic mass is 9.97. The second kappa shape index (κ2) is 7.90. The number of nitrogens with zero attached hydrogens (tertiary/aromatic N) is 2. The van der Waals surface area contributed by atoms with Crippen LogP contribution in [0.4, 0.5) is 10.5 Å². The van der Waals surface area contributed by atoms with Crippen molar-refractivity contribution in [3.63, 3.8) is 0 Å². The Bertz CT molecular complexity index is 920. The first-order valence-electron chi connectivity index (χ1n) is 9.49. The van der Waals surface area contributed by atoms with Crippen LogP contribution in [-0.4, -0.2) is 47.6 Å². The molecular weight excluding hydrogens is 354 g/mol. The second-order valence-corrected chi connectivity index (χ2v) is 7.18. The van der Waals surface area contributed by atoms with Gasteiger partial charge in [0.05, 0.1) is 24.2 Å². The van der Waals surface area contributed by atoms with Gasteiger partial charge in [0, 0.05) is 18.3 Å². The highest BCUT2D eigenvalue weighted by Gasteiger charge is 2.30. The van der Waals surface area contributed by atoms with E-state index in [1.54, 1.807) is 7.11 Å². The standard InChI is InChI=1S/C21H25N5O2/c1-26-12-11-15(23-21(27)22-14-7-9-16(28-2)10-8-14)13-19(26)20-24-17-5-3-4-6-18(17)25-20/h3-10,15,19H,11-13H2,1-2H3,(H,24,25)(H2,22,23,27)/t15-,19-/m1/s1. The summed E-state index contributed by atoms with van der Waals surface area (Å²) in [6.45, 7) is 0.898. The highest BCUT2D eigenvalue weighted by Crippen LogP contribution is 2.29. The van der Waals surface area contributed by atoms with Crippen molar-refractivity contribution in [2.75, 3.05) is 26.0 Å². The topological polar surface area (TPSA) is 82.3 Å². The normalized spacial score (nSPS) is 20.1. The Balaban J connectivity index is 1.40. The predicted molar refractivity (Wildman–Crippen MR) is 110 cm³/mol. The molecule has 1 aliphatic heterocycles. The quantitative estimate of drug-likeness (QED) is 0.648. The number of H-pyrrole nitrogens is 1. The van der Waals surface area contributed by atoms with Crippen molar-refractivity contribution in [3.8, 4) is 5.75 Å². The van der Waals surface area contributed by atoms with Crippen molar-refractivity contribution in [1.82, 2.24) is 20.2 Å². The molecule has 7 nitrogen and oxygen atoms in total. The van der Waals surface area contributed by atoms with E-state index in [0.717, 1.165) is 47.7 Å². The lowest BCUT2D eigenvalue weighted by molar-refractivity contribution is 0.153. The molecule has 0 aliphatic carbocycles. The Morgan fingerprint density at radius 2 is 2.00 bits per heavy atom. The van der Waals surface area contributed by atoms with Crippen LogP contribution in [0.3, 0.4) is 0 Å². The maximum Gasteiger partial charge on any atom is 0.319 e. The molecule has 0 radical (unpaired) electrons. The number of fused-ring (bicyclic) bond motifs is 1. The van der Waals surface area contributed by atoms with E-state index in [0.29, 0.717) is 0 Å². The summed E-state index contributed by atoms with van der Waals surface area (Å²) in [4.78, 5) is 22.9. The summed E-state index contributed by atoms with van der Waals surface area (Å²) in [6.07, 6.45) is 1.72. The third-order valence-electron chi connectivity index (χ3n) is 5.28. The number of carbonyl (C=O) groups is 1. The average Bonchev–Trinajstić information content (AvgIpc) is 3.14. The van der Waals surface area contributed by atoms with Crippen LogP contribution in [0.2, 0.25) is 0 Å². The monoisotopic (exact) mass is 379 g/mol. The van der Waals surface area contributed by atoms with Crippen LogP contribution in [0.25, 0.3) is 11.0 Å². The van der Waals surface area contributed by atoms with Crippen molar-refractivity contribution in [1.29, 1.82) is 0 Å². The van der Waals surface area contributed by atoms with E-state index in [1.165, 1.54) is 0 Å². The number of hydrogen-bond acceptors (Lipinski definition) is 4. The van der Waals surface area contributed by atoms with Gasteiger partial charge in [-0.05, 0) is 56.3 Å². The van der Waals surface area contributed by atoms with Crippen LogP contribution in [0.5, 0.6) is 5.75 Å². The van der Waals surface area contributed by atoms with Gasteiger partial charge in [0.1, 0.15) is 11.6 Å². The number of carbonyl (C=O) groups excluding carboxylic acids is 1. The third kappa shape index (κ3) is 3.94. The Kier molecular flexibility index (Phi) is 5.16. The Labute approximate surface area is 164 Å². The average molecular weight is 379 g/mol. The number of amides is 2. The molecule has 7 heteroatoms. The number of aromatic nitrogens is 2. The van der Waals surface area contributed by atoms with Crippen LogP contribution in [-0.2, 0) is 0 Å². The molecule has 0 spiro atoms. The zero-order valence-electron chi connectivity index (χ0n) is 16.1. The van der Waals surface area contributed by atoms with Gasteiger partial charge in [-0.3, -0.25) is 4.90 Å². The summed E-state index contributed by atoms with van der Waals surface area (Å²) in [5, 5.41) is 5.99. The smallest absolute Gasteiger partial charge is 0.319 e. The fourth-order valence-corrected chi connectivity index (χ4v) is 3.69. The lowest BCUT2D eigenvalue weighted by Gasteiger charge is -2.36. The van der Waals surface area contributed by atoms with Gasteiger partial charge in [0.2, 0.25) is 0 Å². The van der Waals surface area contributed by atoms with Gasteiger partial charge in [-0.25, -0.2) is 9.78 Å². The van der Waals surface area contributed by atoms with Gasteiger partial charge in [-0.1, -0.05) is 12.1 Å². The van der Waals surface area contributed by atoms with Gasteiger partial charge in [0.15, 0.2) is 0 Å². The predicted octanol–water partition coefficient (Wildman–Crippen LogP) is 3.53. The maximum atomic E-state index is 12.4. The number of imidazole rings is 1. The van der Waals surface area contributed by atoms with Crippen LogP contribution < -0.4 is 15.4 Å². The summed E-state index contributed by atoms with van der Waals surface area (Å²) >= 11 is 0. The molecule has 0 saturated carbocycles. The zero-order chi connectivity index (χ0) is 19.5. The molecule has 28 heavy (non-hydrogen) atoms. The highest BCUT2D eigenvalue weighted by molar-refractivity contribution is 5.89. The Morgan fingerprint density at radius 3 is 2.75 bits per heavy atom. The highest BCUT2D eigenvalue weighted by atomic mass is 16.5. The van der Waals surface area contributed by atoms with Gasteiger partial charge < -0.3 is 20.4 Å².